The van der Waals surface area contributed by atoms with Crippen LogP contribution >= 0.6 is 0 Å². The third-order valence-corrected chi connectivity index (χ3v) is 5.66. The Hall–Kier alpha value is -3.49. The highest BCUT2D eigenvalue weighted by molar-refractivity contribution is 5.96. The van der Waals surface area contributed by atoms with Crippen LogP contribution in [0.15, 0.2) is 41.2 Å². The van der Waals surface area contributed by atoms with Crippen LogP contribution in [0.2, 0.25) is 0 Å². The minimum absolute atomic E-state index is 0.0175. The number of hydrogen-bond acceptors (Lipinski definition) is 5. The number of carbonyl (C=O) groups is 3. The largest absolute Gasteiger partial charge is 0.352 e. The fourth-order valence-electron chi connectivity index (χ4n) is 3.33. The summed E-state index contributed by atoms with van der Waals surface area (Å²) < 4.78 is 1.21. The normalized spacial score (nSPS) is 16.2. The first-order chi connectivity index (χ1) is 15.4. The second-order valence-corrected chi connectivity index (χ2v) is 8.38. The molecule has 9 nitrogen and oxygen atoms in total. The van der Waals surface area contributed by atoms with E-state index in [4.69, 9.17) is 0 Å². The van der Waals surface area contributed by atoms with Crippen molar-refractivity contribution in [3.8, 4) is 0 Å². The first-order valence-corrected chi connectivity index (χ1v) is 11.0. The molecule has 0 aliphatic heterocycles. The molecule has 2 aromatic rings. The molecule has 0 saturated heterocycles. The number of nitrogens with zero attached hydrogens (tertiary/aromatic N) is 2. The average molecular weight is 438 g/mol. The van der Waals surface area contributed by atoms with Crippen molar-refractivity contribution >= 4 is 23.4 Å². The van der Waals surface area contributed by atoms with E-state index in [1.807, 2.05) is 0 Å². The lowest BCUT2D eigenvalue weighted by Gasteiger charge is -2.15. The van der Waals surface area contributed by atoms with E-state index in [0.717, 1.165) is 31.4 Å². The summed E-state index contributed by atoms with van der Waals surface area (Å²) in [6, 6.07) is 9.11. The van der Waals surface area contributed by atoms with E-state index in [2.05, 4.69) is 21.0 Å². The van der Waals surface area contributed by atoms with E-state index in [-0.39, 0.29) is 42.3 Å². The Balaban J connectivity index is 1.22. The number of nitrogens with one attached hydrogen (secondary N) is 3. The molecular formula is C23H27N5O4. The highest BCUT2D eigenvalue weighted by Gasteiger charge is 2.29. The lowest BCUT2D eigenvalue weighted by Crippen LogP contribution is -2.40. The molecule has 2 saturated carbocycles. The summed E-state index contributed by atoms with van der Waals surface area (Å²) in [7, 11) is 0. The average Bonchev–Trinajstić information content (AvgIpc) is 3.69. The Bertz CT molecular complexity index is 1070. The minimum atomic E-state index is -0.740. The van der Waals surface area contributed by atoms with Crippen LogP contribution in [-0.4, -0.2) is 40.6 Å². The fourth-order valence-corrected chi connectivity index (χ4v) is 3.33. The topological polar surface area (TPSA) is 122 Å². The van der Waals surface area contributed by atoms with Crippen molar-refractivity contribution in [2.45, 2.75) is 44.6 Å². The van der Waals surface area contributed by atoms with Crippen LogP contribution in [0.3, 0.4) is 0 Å². The predicted molar refractivity (Wildman–Crippen MR) is 118 cm³/mol. The van der Waals surface area contributed by atoms with E-state index in [9.17, 15) is 19.2 Å². The van der Waals surface area contributed by atoms with E-state index >= 15 is 0 Å². The quantitative estimate of drug-likeness (QED) is 0.514. The first-order valence-electron chi connectivity index (χ1n) is 11.0. The maximum absolute atomic E-state index is 12.4. The summed E-state index contributed by atoms with van der Waals surface area (Å²) >= 11 is 0. The van der Waals surface area contributed by atoms with Crippen molar-refractivity contribution in [3.05, 3.63) is 58.0 Å². The van der Waals surface area contributed by atoms with Crippen LogP contribution in [0.4, 0.5) is 5.69 Å². The van der Waals surface area contributed by atoms with Crippen molar-refractivity contribution in [2.24, 2.45) is 5.92 Å². The maximum atomic E-state index is 12.4. The molecule has 3 amide bonds. The molecule has 2 aliphatic carbocycles. The number of aromatic nitrogens is 2. The van der Waals surface area contributed by atoms with E-state index in [0.29, 0.717) is 17.2 Å². The number of carbonyl (C=O) groups excluding carboxylic acids is 3. The summed E-state index contributed by atoms with van der Waals surface area (Å²) in [6.07, 6.45) is 3.98. The zero-order valence-electron chi connectivity index (χ0n) is 18.0. The third kappa shape index (κ3) is 5.40. The van der Waals surface area contributed by atoms with Gasteiger partial charge in [-0.05, 0) is 62.9 Å². The van der Waals surface area contributed by atoms with Crippen molar-refractivity contribution in [2.75, 3.05) is 18.4 Å². The van der Waals surface area contributed by atoms with Crippen molar-refractivity contribution in [1.29, 1.82) is 0 Å². The SMILES string of the molecule is C[C@H](C(=O)NCCNC(=O)c1ccc(NC(=O)C2CC2)cc1)n1nc(C2CC2)ccc1=O. The van der Waals surface area contributed by atoms with Gasteiger partial charge in [-0.25, -0.2) is 4.68 Å². The summed E-state index contributed by atoms with van der Waals surface area (Å²) in [5.74, 6) is -0.0906. The third-order valence-electron chi connectivity index (χ3n) is 5.66. The monoisotopic (exact) mass is 437 g/mol. The maximum Gasteiger partial charge on any atom is 0.267 e. The van der Waals surface area contributed by atoms with Crippen molar-refractivity contribution < 1.29 is 14.4 Å². The molecule has 32 heavy (non-hydrogen) atoms. The number of benzene rings is 1. The fraction of sp³-hybridized carbons (Fsp3) is 0.435. The number of anilines is 1. The van der Waals surface area contributed by atoms with Crippen molar-refractivity contribution in [3.63, 3.8) is 0 Å². The Labute approximate surface area is 185 Å². The number of hydrogen-bond donors (Lipinski definition) is 3. The molecule has 0 unspecified atom stereocenters. The van der Waals surface area contributed by atoms with E-state index < -0.39 is 6.04 Å². The predicted octanol–water partition coefficient (Wildman–Crippen LogP) is 1.58. The Morgan fingerprint density at radius 3 is 2.34 bits per heavy atom. The van der Waals surface area contributed by atoms with Gasteiger partial charge in [-0.3, -0.25) is 19.2 Å². The van der Waals surface area contributed by atoms with E-state index in [1.165, 1.54) is 10.7 Å². The van der Waals surface area contributed by atoms with Gasteiger partial charge < -0.3 is 16.0 Å². The van der Waals surface area contributed by atoms with Gasteiger partial charge in [0.2, 0.25) is 11.8 Å². The molecule has 1 aromatic heterocycles. The van der Waals surface area contributed by atoms with Gasteiger partial charge >= 0.3 is 0 Å². The van der Waals surface area contributed by atoms with Gasteiger partial charge in [0.1, 0.15) is 6.04 Å². The Morgan fingerprint density at radius 1 is 1.00 bits per heavy atom. The van der Waals surface area contributed by atoms with Gasteiger partial charge in [0.05, 0.1) is 5.69 Å². The highest BCUT2D eigenvalue weighted by atomic mass is 16.2. The van der Waals surface area contributed by atoms with Gasteiger partial charge in [0.25, 0.3) is 11.5 Å². The zero-order chi connectivity index (χ0) is 22.7. The van der Waals surface area contributed by atoms with Crippen LogP contribution in [0, 0.1) is 5.92 Å². The van der Waals surface area contributed by atoms with Crippen LogP contribution in [0.25, 0.3) is 0 Å². The molecule has 0 spiro atoms. The van der Waals surface area contributed by atoms with Crippen LogP contribution in [0.5, 0.6) is 0 Å². The number of amides is 3. The minimum Gasteiger partial charge on any atom is -0.352 e. The lowest BCUT2D eigenvalue weighted by atomic mass is 10.2. The highest BCUT2D eigenvalue weighted by Crippen LogP contribution is 2.38. The van der Waals surface area contributed by atoms with Crippen molar-refractivity contribution in [1.82, 2.24) is 20.4 Å². The zero-order valence-corrected chi connectivity index (χ0v) is 18.0. The first kappa shape index (κ1) is 21.7. The van der Waals surface area contributed by atoms with Gasteiger partial charge in [-0.15, -0.1) is 0 Å². The molecule has 3 N–H and O–H groups in total. The number of rotatable bonds is 9. The molecule has 1 heterocycles. The summed E-state index contributed by atoms with van der Waals surface area (Å²) in [5, 5.41) is 12.6. The second-order valence-electron chi connectivity index (χ2n) is 8.38. The smallest absolute Gasteiger partial charge is 0.267 e. The molecule has 0 bridgehead atoms. The molecule has 9 heteroatoms. The standard InChI is InChI=1S/C23H27N5O4/c1-14(28-20(29)11-10-19(27-28)15-2-3-15)21(30)24-12-13-25-22(31)16-6-8-18(9-7-16)26-23(32)17-4-5-17/h6-11,14-15,17H,2-5,12-13H2,1H3,(H,24,30)(H,25,31)(H,26,32)/t14-/m1/s1. The molecule has 168 valence electrons. The molecule has 2 aliphatic rings. The summed E-state index contributed by atoms with van der Waals surface area (Å²) in [4.78, 5) is 48.6. The molecule has 1 aromatic carbocycles. The Kier molecular flexibility index (Phi) is 6.34. The second kappa shape index (κ2) is 9.33. The lowest BCUT2D eigenvalue weighted by molar-refractivity contribution is -0.124. The van der Waals surface area contributed by atoms with Crippen LogP contribution < -0.4 is 21.5 Å². The Morgan fingerprint density at radius 2 is 1.69 bits per heavy atom. The van der Waals surface area contributed by atoms with Gasteiger partial charge in [0.15, 0.2) is 0 Å². The van der Waals surface area contributed by atoms with Gasteiger partial charge in [-0.1, -0.05) is 0 Å². The summed E-state index contributed by atoms with van der Waals surface area (Å²) in [5.41, 5.74) is 1.65. The van der Waals surface area contributed by atoms with Crippen LogP contribution in [0.1, 0.15) is 60.6 Å². The molecule has 0 radical (unpaired) electrons. The molecule has 2 fully saturated rings. The van der Waals surface area contributed by atoms with E-state index in [1.54, 1.807) is 37.3 Å². The van der Waals surface area contributed by atoms with Gasteiger partial charge in [-0.2, -0.15) is 5.10 Å². The van der Waals surface area contributed by atoms with Crippen LogP contribution in [-0.2, 0) is 9.59 Å². The van der Waals surface area contributed by atoms with Gasteiger partial charge in [0, 0.05) is 42.2 Å². The molecular weight excluding hydrogens is 410 g/mol. The summed E-state index contributed by atoms with van der Waals surface area (Å²) in [6.45, 7) is 2.09. The molecule has 4 rings (SSSR count). The molecule has 1 atom stereocenters.